The van der Waals surface area contributed by atoms with Gasteiger partial charge in [-0.3, -0.25) is 9.36 Å². The molecule has 1 aliphatic rings. The Morgan fingerprint density at radius 1 is 1.14 bits per heavy atom. The van der Waals surface area contributed by atoms with Crippen molar-refractivity contribution in [3.05, 3.63) is 65.1 Å². The number of nitrogens with one attached hydrogen (secondary N) is 1. The summed E-state index contributed by atoms with van der Waals surface area (Å²) in [4.78, 5) is 51.1. The van der Waals surface area contributed by atoms with Crippen molar-refractivity contribution in [2.24, 2.45) is 11.7 Å². The smallest absolute Gasteiger partial charge is 0.323 e. The minimum Gasteiger partial charge on any atom is -0.351 e. The number of urea groups is 1. The number of primary amides is 1. The number of aryl methyl sites for hydroxylation is 1. The molecule has 11 heteroatoms. The van der Waals surface area contributed by atoms with E-state index >= 15 is 4.39 Å². The van der Waals surface area contributed by atoms with Gasteiger partial charge in [-0.25, -0.2) is 18.4 Å². The topological polar surface area (TPSA) is 114 Å². The molecule has 0 radical (unpaired) electrons. The predicted octanol–water partition coefficient (Wildman–Crippen LogP) is 4.71. The first kappa shape index (κ1) is 26.3. The molecule has 8 nitrogen and oxygen atoms in total. The number of rotatable bonds is 7. The van der Waals surface area contributed by atoms with Crippen LogP contribution < -0.4 is 11.1 Å². The summed E-state index contributed by atoms with van der Waals surface area (Å²) in [5, 5.41) is 3.08. The second-order valence-electron chi connectivity index (χ2n) is 9.09. The van der Waals surface area contributed by atoms with Crippen LogP contribution in [0.5, 0.6) is 0 Å². The minimum atomic E-state index is -1.78. The van der Waals surface area contributed by atoms with Crippen molar-refractivity contribution < 1.29 is 28.0 Å². The van der Waals surface area contributed by atoms with Crippen LogP contribution in [0.25, 0.3) is 10.9 Å². The van der Waals surface area contributed by atoms with E-state index in [2.05, 4.69) is 5.32 Å². The normalized spacial score (nSPS) is 19.2. The second kappa shape index (κ2) is 10.7. The minimum absolute atomic E-state index is 0.0343. The van der Waals surface area contributed by atoms with Crippen LogP contribution in [-0.4, -0.2) is 51.9 Å². The summed E-state index contributed by atoms with van der Waals surface area (Å²) in [6.07, 6.45) is -0.843. The van der Waals surface area contributed by atoms with Gasteiger partial charge >= 0.3 is 12.1 Å². The largest absolute Gasteiger partial charge is 0.351 e. The summed E-state index contributed by atoms with van der Waals surface area (Å²) in [6, 6.07) is 8.14. The molecule has 0 unspecified atom stereocenters. The number of fused-ring (bicyclic) bond motifs is 1. The van der Waals surface area contributed by atoms with Crippen molar-refractivity contribution in [3.8, 4) is 0 Å². The molecule has 0 spiro atoms. The van der Waals surface area contributed by atoms with Gasteiger partial charge in [-0.05, 0) is 31.0 Å². The maximum absolute atomic E-state index is 15.5. The number of nitrogens with zero attached hydrogens (tertiary/aromatic N) is 2. The lowest BCUT2D eigenvalue weighted by molar-refractivity contribution is -0.124. The number of amides is 3. The van der Waals surface area contributed by atoms with Gasteiger partial charge < -0.3 is 20.7 Å². The fourth-order valence-corrected chi connectivity index (χ4v) is 4.99. The van der Waals surface area contributed by atoms with Gasteiger partial charge in [0, 0.05) is 36.9 Å². The van der Waals surface area contributed by atoms with Gasteiger partial charge in [0.25, 0.3) is 0 Å². The molecule has 1 saturated heterocycles. The van der Waals surface area contributed by atoms with Crippen LogP contribution >= 0.6 is 11.6 Å². The number of hydrogen-bond donors (Lipinski definition) is 2. The monoisotopic (exact) mass is 530 g/mol. The molecule has 0 saturated carbocycles. The number of anilines is 1. The third kappa shape index (κ3) is 5.34. The molecular weight excluding hydrogens is 506 g/mol. The molecule has 2 heterocycles. The third-order valence-electron chi connectivity index (χ3n) is 6.52. The summed E-state index contributed by atoms with van der Waals surface area (Å²) in [6.45, 7) is 1.15. The number of ketones is 2. The van der Waals surface area contributed by atoms with Gasteiger partial charge in [0.1, 0.15) is 23.8 Å². The highest BCUT2D eigenvalue weighted by Gasteiger charge is 2.48. The maximum Gasteiger partial charge on any atom is 0.323 e. The molecule has 0 bridgehead atoms. The van der Waals surface area contributed by atoms with E-state index in [9.17, 15) is 23.6 Å². The molecule has 194 valence electrons. The van der Waals surface area contributed by atoms with Crippen molar-refractivity contribution >= 4 is 51.8 Å². The van der Waals surface area contributed by atoms with Crippen LogP contribution in [-0.2, 0) is 16.0 Å². The van der Waals surface area contributed by atoms with Crippen LogP contribution in [0.15, 0.2) is 48.7 Å². The van der Waals surface area contributed by atoms with E-state index in [-0.39, 0.29) is 47.9 Å². The van der Waals surface area contributed by atoms with E-state index in [0.29, 0.717) is 10.9 Å². The molecule has 1 fully saturated rings. The molecule has 2 aromatic carbocycles. The number of carbonyl (C=O) groups excluding carboxylic acids is 4. The Morgan fingerprint density at radius 2 is 1.86 bits per heavy atom. The number of nitrogens with two attached hydrogens (primary N) is 1. The number of alkyl halides is 1. The van der Waals surface area contributed by atoms with Gasteiger partial charge in [0.05, 0.1) is 16.2 Å². The Labute approximate surface area is 216 Å². The molecule has 1 aliphatic heterocycles. The number of aromatic nitrogens is 1. The summed E-state index contributed by atoms with van der Waals surface area (Å²) in [5.74, 6) is -2.40. The number of likely N-dealkylation sites (tertiary alicyclic amines) is 1. The molecule has 3 amide bonds. The lowest BCUT2D eigenvalue weighted by Crippen LogP contribution is -2.46. The van der Waals surface area contributed by atoms with Gasteiger partial charge in [0.15, 0.2) is 5.78 Å². The SMILES string of the molecule is CC(=O)C[C@@H]1CN(C(=O)Nc2cn(C(N)=O)c3ccccc23)[C@H](C(=O)CCc2cccc(Cl)c2F)[C@H]1F. The van der Waals surface area contributed by atoms with E-state index < -0.39 is 41.8 Å². The first-order chi connectivity index (χ1) is 17.6. The highest BCUT2D eigenvalue weighted by Crippen LogP contribution is 2.33. The first-order valence-corrected chi connectivity index (χ1v) is 12.0. The molecule has 37 heavy (non-hydrogen) atoms. The van der Waals surface area contributed by atoms with Crippen LogP contribution in [0.2, 0.25) is 5.02 Å². The van der Waals surface area contributed by atoms with Crippen LogP contribution in [0, 0.1) is 11.7 Å². The van der Waals surface area contributed by atoms with Crippen LogP contribution in [0.3, 0.4) is 0 Å². The Kier molecular flexibility index (Phi) is 7.58. The fourth-order valence-electron chi connectivity index (χ4n) is 4.80. The Morgan fingerprint density at radius 3 is 2.57 bits per heavy atom. The highest BCUT2D eigenvalue weighted by atomic mass is 35.5. The molecule has 0 aliphatic carbocycles. The van der Waals surface area contributed by atoms with Crippen molar-refractivity contribution in [1.82, 2.24) is 9.47 Å². The number of carbonyl (C=O) groups is 4. The second-order valence-corrected chi connectivity index (χ2v) is 9.49. The highest BCUT2D eigenvalue weighted by molar-refractivity contribution is 6.30. The van der Waals surface area contributed by atoms with Crippen molar-refractivity contribution in [2.75, 3.05) is 11.9 Å². The molecular formula is C26H25ClF2N4O4. The van der Waals surface area contributed by atoms with E-state index in [1.807, 2.05) is 0 Å². The standard InChI is InChI=1S/C26H25ClF2N4O4/c1-14(34)11-16-12-33(24(23(16)29)21(35)10-9-15-5-4-7-18(27)22(15)28)26(37)31-19-13-32(25(30)36)20-8-3-2-6-17(19)20/h2-8,13,16,23-24H,9-12H2,1H3,(H2,30,36)(H,31,37)/t16-,23+,24-/m1/s1. The Balaban J connectivity index is 1.59. The Bertz CT molecular complexity index is 1390. The summed E-state index contributed by atoms with van der Waals surface area (Å²) in [7, 11) is 0. The van der Waals surface area contributed by atoms with Crippen molar-refractivity contribution in [1.29, 1.82) is 0 Å². The van der Waals surface area contributed by atoms with Gasteiger partial charge in [-0.15, -0.1) is 0 Å². The Hall–Kier alpha value is -3.79. The molecule has 1 aromatic heterocycles. The molecule has 3 N–H and O–H groups in total. The fraction of sp³-hybridized carbons (Fsp3) is 0.308. The number of para-hydroxylation sites is 1. The number of hydrogen-bond acceptors (Lipinski definition) is 4. The lowest BCUT2D eigenvalue weighted by Gasteiger charge is -2.24. The number of Topliss-reactive ketones (excluding diaryl/α,β-unsaturated/α-hetero) is 2. The zero-order chi connectivity index (χ0) is 26.9. The average molecular weight is 531 g/mol. The summed E-state index contributed by atoms with van der Waals surface area (Å²) >= 11 is 5.81. The van der Waals surface area contributed by atoms with Gasteiger partial charge in [0.2, 0.25) is 0 Å². The average Bonchev–Trinajstić information content (AvgIpc) is 3.37. The molecule has 4 rings (SSSR count). The van der Waals surface area contributed by atoms with E-state index in [1.165, 1.54) is 25.3 Å². The van der Waals surface area contributed by atoms with Gasteiger partial charge in [-0.1, -0.05) is 41.9 Å². The van der Waals surface area contributed by atoms with E-state index in [4.69, 9.17) is 17.3 Å². The lowest BCUT2D eigenvalue weighted by atomic mass is 9.94. The van der Waals surface area contributed by atoms with Crippen molar-refractivity contribution in [3.63, 3.8) is 0 Å². The van der Waals surface area contributed by atoms with Crippen molar-refractivity contribution in [2.45, 2.75) is 38.4 Å². The third-order valence-corrected chi connectivity index (χ3v) is 6.81. The van der Waals surface area contributed by atoms with E-state index in [0.717, 1.165) is 9.47 Å². The molecule has 3 atom stereocenters. The summed E-state index contributed by atoms with van der Waals surface area (Å²) < 4.78 is 30.9. The van der Waals surface area contributed by atoms with Crippen LogP contribution in [0.4, 0.5) is 24.1 Å². The number of benzene rings is 2. The maximum atomic E-state index is 15.5. The van der Waals surface area contributed by atoms with E-state index in [1.54, 1.807) is 30.3 Å². The van der Waals surface area contributed by atoms with Crippen LogP contribution in [0.1, 0.15) is 25.3 Å². The number of halogens is 3. The quantitative estimate of drug-likeness (QED) is 0.460. The predicted molar refractivity (Wildman–Crippen MR) is 135 cm³/mol. The first-order valence-electron chi connectivity index (χ1n) is 11.6. The zero-order valence-electron chi connectivity index (χ0n) is 19.9. The molecule has 3 aromatic rings. The summed E-state index contributed by atoms with van der Waals surface area (Å²) in [5.41, 5.74) is 6.34. The van der Waals surface area contributed by atoms with Gasteiger partial charge in [-0.2, -0.15) is 0 Å². The zero-order valence-corrected chi connectivity index (χ0v) is 20.7.